The van der Waals surface area contributed by atoms with Gasteiger partial charge in [0.25, 0.3) is 0 Å². The SMILES string of the molecule is CC(=O)N1CSC[C@@H]1C(=O)NCC(C)(C)C(=O)O. The Kier molecular flexibility index (Phi) is 4.61. The van der Waals surface area contributed by atoms with Crippen LogP contribution in [0.25, 0.3) is 0 Å². The Morgan fingerprint density at radius 3 is 2.56 bits per heavy atom. The molecule has 0 aliphatic carbocycles. The monoisotopic (exact) mass is 274 g/mol. The number of aliphatic carboxylic acids is 1. The third kappa shape index (κ3) is 3.38. The van der Waals surface area contributed by atoms with Gasteiger partial charge in [0.2, 0.25) is 11.8 Å². The van der Waals surface area contributed by atoms with Crippen molar-refractivity contribution in [2.24, 2.45) is 5.41 Å². The second kappa shape index (κ2) is 5.60. The summed E-state index contributed by atoms with van der Waals surface area (Å²) in [6.07, 6.45) is 0. The first-order valence-electron chi connectivity index (χ1n) is 5.62. The van der Waals surface area contributed by atoms with E-state index in [4.69, 9.17) is 5.11 Å². The van der Waals surface area contributed by atoms with Gasteiger partial charge in [-0.3, -0.25) is 14.4 Å². The summed E-state index contributed by atoms with van der Waals surface area (Å²) in [4.78, 5) is 35.6. The van der Waals surface area contributed by atoms with Crippen LogP contribution in [0.4, 0.5) is 0 Å². The number of thioether (sulfide) groups is 1. The van der Waals surface area contributed by atoms with Crippen LogP contribution < -0.4 is 5.32 Å². The van der Waals surface area contributed by atoms with Crippen molar-refractivity contribution >= 4 is 29.5 Å². The van der Waals surface area contributed by atoms with E-state index < -0.39 is 17.4 Å². The maximum Gasteiger partial charge on any atom is 0.310 e. The van der Waals surface area contributed by atoms with Crippen LogP contribution in [-0.2, 0) is 14.4 Å². The van der Waals surface area contributed by atoms with Gasteiger partial charge in [-0.05, 0) is 13.8 Å². The number of nitrogens with zero attached hydrogens (tertiary/aromatic N) is 1. The average molecular weight is 274 g/mol. The van der Waals surface area contributed by atoms with E-state index in [9.17, 15) is 14.4 Å². The molecule has 2 N–H and O–H groups in total. The predicted octanol–water partition coefficient (Wildman–Crippen LogP) is 0.135. The summed E-state index contributed by atoms with van der Waals surface area (Å²) in [5.41, 5.74) is -1.01. The summed E-state index contributed by atoms with van der Waals surface area (Å²) in [6.45, 7) is 4.56. The number of rotatable bonds is 4. The summed E-state index contributed by atoms with van der Waals surface area (Å²) in [5.74, 6) is -0.330. The molecule has 1 atom stereocenters. The molecule has 0 radical (unpaired) electrons. The Labute approximate surface area is 110 Å². The molecule has 0 saturated carbocycles. The molecule has 1 rings (SSSR count). The van der Waals surface area contributed by atoms with Crippen molar-refractivity contribution < 1.29 is 19.5 Å². The van der Waals surface area contributed by atoms with Crippen LogP contribution in [0.15, 0.2) is 0 Å². The van der Waals surface area contributed by atoms with E-state index >= 15 is 0 Å². The fourth-order valence-electron chi connectivity index (χ4n) is 1.47. The summed E-state index contributed by atoms with van der Waals surface area (Å²) in [7, 11) is 0. The van der Waals surface area contributed by atoms with Crippen molar-refractivity contribution in [1.29, 1.82) is 0 Å². The minimum Gasteiger partial charge on any atom is -0.481 e. The number of carboxylic acid groups (broad SMARTS) is 1. The van der Waals surface area contributed by atoms with Gasteiger partial charge in [-0.1, -0.05) is 0 Å². The van der Waals surface area contributed by atoms with Crippen LogP contribution in [0.3, 0.4) is 0 Å². The smallest absolute Gasteiger partial charge is 0.310 e. The van der Waals surface area contributed by atoms with Crippen LogP contribution in [-0.4, -0.2) is 52.0 Å². The zero-order chi connectivity index (χ0) is 13.9. The van der Waals surface area contributed by atoms with E-state index in [1.54, 1.807) is 13.8 Å². The Morgan fingerprint density at radius 2 is 2.06 bits per heavy atom. The average Bonchev–Trinajstić information content (AvgIpc) is 2.74. The quantitative estimate of drug-likeness (QED) is 0.761. The molecule has 0 unspecified atom stereocenters. The summed E-state index contributed by atoms with van der Waals surface area (Å²) >= 11 is 1.51. The van der Waals surface area contributed by atoms with Crippen LogP contribution in [0, 0.1) is 5.41 Å². The van der Waals surface area contributed by atoms with Gasteiger partial charge in [-0.15, -0.1) is 11.8 Å². The van der Waals surface area contributed by atoms with Gasteiger partial charge >= 0.3 is 5.97 Å². The molecule has 1 aliphatic heterocycles. The minimum atomic E-state index is -1.01. The van der Waals surface area contributed by atoms with Crippen LogP contribution in [0.2, 0.25) is 0 Å². The highest BCUT2D eigenvalue weighted by Crippen LogP contribution is 2.21. The zero-order valence-corrected chi connectivity index (χ0v) is 11.5. The molecule has 0 aromatic rings. The van der Waals surface area contributed by atoms with E-state index in [0.29, 0.717) is 11.6 Å². The van der Waals surface area contributed by atoms with E-state index in [2.05, 4.69) is 5.32 Å². The van der Waals surface area contributed by atoms with Gasteiger partial charge < -0.3 is 15.3 Å². The van der Waals surface area contributed by atoms with Crippen molar-refractivity contribution in [2.45, 2.75) is 26.8 Å². The van der Waals surface area contributed by atoms with Crippen LogP contribution in [0.1, 0.15) is 20.8 Å². The highest BCUT2D eigenvalue weighted by atomic mass is 32.2. The molecule has 7 heteroatoms. The van der Waals surface area contributed by atoms with Crippen molar-refractivity contribution in [2.75, 3.05) is 18.2 Å². The Hall–Kier alpha value is -1.24. The summed E-state index contributed by atoms with van der Waals surface area (Å²) in [5, 5.41) is 11.5. The molecule has 1 aliphatic rings. The number of nitrogens with one attached hydrogen (secondary N) is 1. The molecule has 0 bridgehead atoms. The summed E-state index contributed by atoms with van der Waals surface area (Å²) in [6, 6.07) is -0.489. The molecule has 2 amide bonds. The number of carbonyl (C=O) groups is 3. The van der Waals surface area contributed by atoms with Gasteiger partial charge in [0.1, 0.15) is 6.04 Å². The predicted molar refractivity (Wildman–Crippen MR) is 68.1 cm³/mol. The first-order valence-corrected chi connectivity index (χ1v) is 6.77. The Bertz CT molecular complexity index is 370. The van der Waals surface area contributed by atoms with E-state index in [0.717, 1.165) is 0 Å². The minimum absolute atomic E-state index is 0.0497. The third-order valence-electron chi connectivity index (χ3n) is 2.87. The number of carbonyl (C=O) groups excluding carboxylic acids is 2. The first-order chi connectivity index (χ1) is 8.25. The van der Waals surface area contributed by atoms with Gasteiger partial charge in [0.15, 0.2) is 0 Å². The largest absolute Gasteiger partial charge is 0.481 e. The van der Waals surface area contributed by atoms with Gasteiger partial charge in [-0.25, -0.2) is 0 Å². The maximum absolute atomic E-state index is 11.9. The van der Waals surface area contributed by atoms with Crippen molar-refractivity contribution in [3.63, 3.8) is 0 Å². The second-order valence-corrected chi connectivity index (χ2v) is 5.91. The number of carboxylic acids is 1. The van der Waals surface area contributed by atoms with E-state index in [1.807, 2.05) is 0 Å². The highest BCUT2D eigenvalue weighted by molar-refractivity contribution is 7.99. The maximum atomic E-state index is 11.9. The fourth-order valence-corrected chi connectivity index (χ4v) is 2.69. The fraction of sp³-hybridized carbons (Fsp3) is 0.727. The highest BCUT2D eigenvalue weighted by Gasteiger charge is 2.34. The molecule has 102 valence electrons. The number of amides is 2. The zero-order valence-electron chi connectivity index (χ0n) is 10.7. The van der Waals surface area contributed by atoms with Gasteiger partial charge in [0, 0.05) is 19.2 Å². The Balaban J connectivity index is 2.56. The lowest BCUT2D eigenvalue weighted by Gasteiger charge is -2.24. The molecule has 0 aromatic carbocycles. The van der Waals surface area contributed by atoms with Crippen LogP contribution in [0.5, 0.6) is 0 Å². The molecule has 1 saturated heterocycles. The molecule has 1 heterocycles. The topological polar surface area (TPSA) is 86.7 Å². The first kappa shape index (κ1) is 14.8. The third-order valence-corrected chi connectivity index (χ3v) is 3.89. The Morgan fingerprint density at radius 1 is 1.44 bits per heavy atom. The summed E-state index contributed by atoms with van der Waals surface area (Å²) < 4.78 is 0. The molecule has 6 nitrogen and oxygen atoms in total. The molecule has 0 spiro atoms. The van der Waals surface area contributed by atoms with Crippen molar-refractivity contribution in [3.05, 3.63) is 0 Å². The normalized spacial score (nSPS) is 19.7. The lowest BCUT2D eigenvalue weighted by atomic mass is 9.94. The van der Waals surface area contributed by atoms with Crippen molar-refractivity contribution in [1.82, 2.24) is 10.2 Å². The second-order valence-electron chi connectivity index (χ2n) is 4.91. The molecule has 1 fully saturated rings. The van der Waals surface area contributed by atoms with Gasteiger partial charge in [-0.2, -0.15) is 0 Å². The van der Waals surface area contributed by atoms with Gasteiger partial charge in [0.05, 0.1) is 11.3 Å². The molecule has 18 heavy (non-hydrogen) atoms. The standard InChI is InChI=1S/C11H18N2O4S/c1-7(14)13-6-18-4-8(13)9(15)12-5-11(2,3)10(16)17/h8H,4-6H2,1-3H3,(H,12,15)(H,16,17)/t8-/m1/s1. The van der Waals surface area contributed by atoms with Crippen LogP contribution >= 0.6 is 11.8 Å². The number of hydrogen-bond acceptors (Lipinski definition) is 4. The lowest BCUT2D eigenvalue weighted by Crippen LogP contribution is -2.49. The van der Waals surface area contributed by atoms with E-state index in [1.165, 1.54) is 23.6 Å². The number of hydrogen-bond donors (Lipinski definition) is 2. The molecule has 0 aromatic heterocycles. The lowest BCUT2D eigenvalue weighted by molar-refractivity contribution is -0.147. The molecular formula is C11H18N2O4S. The van der Waals surface area contributed by atoms with E-state index in [-0.39, 0.29) is 18.4 Å². The van der Waals surface area contributed by atoms with Crippen molar-refractivity contribution in [3.8, 4) is 0 Å². The molecular weight excluding hydrogens is 256 g/mol.